The molecule has 0 unspecified atom stereocenters. The topological polar surface area (TPSA) is 18.5 Å². The second kappa shape index (κ2) is 6.25. The highest BCUT2D eigenvalue weighted by atomic mass is 79.9. The van der Waals surface area contributed by atoms with E-state index in [-0.39, 0.29) is 0 Å². The first-order chi connectivity index (χ1) is 8.72. The zero-order chi connectivity index (χ0) is 13.0. The van der Waals surface area contributed by atoms with E-state index in [4.69, 9.17) is 9.47 Å². The lowest BCUT2D eigenvalue weighted by atomic mass is 10.2. The Morgan fingerprint density at radius 2 is 1.83 bits per heavy atom. The molecule has 18 heavy (non-hydrogen) atoms. The van der Waals surface area contributed by atoms with Crippen molar-refractivity contribution < 1.29 is 9.47 Å². The monoisotopic (exact) mass is 370 g/mol. The fraction of sp³-hybridized carbons (Fsp3) is 0.143. The molecular weight excluding hydrogens is 360 g/mol. The Hall–Kier alpha value is -1.000. The molecule has 0 amide bonds. The fourth-order valence-electron chi connectivity index (χ4n) is 1.53. The van der Waals surface area contributed by atoms with Gasteiger partial charge in [-0.2, -0.15) is 0 Å². The molecule has 0 N–H and O–H groups in total. The third-order valence-electron chi connectivity index (χ3n) is 2.44. The second-order valence-electron chi connectivity index (χ2n) is 3.67. The van der Waals surface area contributed by atoms with Gasteiger partial charge in [0.25, 0.3) is 0 Å². The molecule has 2 rings (SSSR count). The molecule has 2 aromatic carbocycles. The summed E-state index contributed by atoms with van der Waals surface area (Å²) in [5.74, 6) is 2.37. The average Bonchev–Trinajstić information content (AvgIpc) is 2.39. The van der Waals surface area contributed by atoms with Crippen LogP contribution < -0.4 is 9.47 Å². The van der Waals surface area contributed by atoms with Crippen molar-refractivity contribution >= 4 is 31.9 Å². The largest absolute Gasteiger partial charge is 0.497 e. The Morgan fingerprint density at radius 3 is 2.56 bits per heavy atom. The summed E-state index contributed by atoms with van der Waals surface area (Å²) in [6, 6.07) is 13.5. The number of benzene rings is 2. The first-order valence-corrected chi connectivity index (χ1v) is 7.30. The van der Waals surface area contributed by atoms with Crippen molar-refractivity contribution in [2.24, 2.45) is 0 Å². The molecular formula is C14H12Br2O2. The molecule has 94 valence electrons. The van der Waals surface area contributed by atoms with Crippen LogP contribution in [-0.2, 0) is 5.33 Å². The Labute approximate surface area is 123 Å². The van der Waals surface area contributed by atoms with Crippen molar-refractivity contribution in [2.75, 3.05) is 7.11 Å². The summed E-state index contributed by atoms with van der Waals surface area (Å²) in [6.07, 6.45) is 0. The summed E-state index contributed by atoms with van der Waals surface area (Å²) in [6.45, 7) is 0. The van der Waals surface area contributed by atoms with Crippen molar-refractivity contribution in [3.63, 3.8) is 0 Å². The van der Waals surface area contributed by atoms with E-state index in [0.717, 1.165) is 32.6 Å². The Balaban J connectivity index is 2.29. The van der Waals surface area contributed by atoms with E-state index in [1.165, 1.54) is 0 Å². The molecule has 0 aliphatic heterocycles. The molecule has 2 nitrogen and oxygen atoms in total. The molecule has 0 aliphatic rings. The standard InChI is InChI=1S/C14H12Br2O2/c1-17-12-3-2-4-13(8-12)18-14-7-11(16)6-5-10(14)9-15/h2-8H,9H2,1H3. The van der Waals surface area contributed by atoms with Gasteiger partial charge in [0.05, 0.1) is 7.11 Å². The van der Waals surface area contributed by atoms with Gasteiger partial charge < -0.3 is 9.47 Å². The molecule has 4 heteroatoms. The second-order valence-corrected chi connectivity index (χ2v) is 5.14. The van der Waals surface area contributed by atoms with Crippen LogP contribution in [-0.4, -0.2) is 7.11 Å². The molecule has 0 radical (unpaired) electrons. The van der Waals surface area contributed by atoms with Crippen LogP contribution in [0.1, 0.15) is 5.56 Å². The summed E-state index contributed by atoms with van der Waals surface area (Å²) >= 11 is 6.90. The van der Waals surface area contributed by atoms with Crippen molar-refractivity contribution in [3.05, 3.63) is 52.5 Å². The quantitative estimate of drug-likeness (QED) is 0.692. The van der Waals surface area contributed by atoms with Crippen LogP contribution in [0.25, 0.3) is 0 Å². The van der Waals surface area contributed by atoms with E-state index in [2.05, 4.69) is 31.9 Å². The fourth-order valence-corrected chi connectivity index (χ4v) is 2.33. The van der Waals surface area contributed by atoms with Gasteiger partial charge in [-0.25, -0.2) is 0 Å². The highest BCUT2D eigenvalue weighted by Gasteiger charge is 2.05. The predicted molar refractivity (Wildman–Crippen MR) is 79.8 cm³/mol. The maximum atomic E-state index is 5.88. The van der Waals surface area contributed by atoms with Gasteiger partial charge in [0.2, 0.25) is 0 Å². The number of hydrogen-bond acceptors (Lipinski definition) is 2. The maximum Gasteiger partial charge on any atom is 0.132 e. The minimum atomic E-state index is 0.750. The summed E-state index contributed by atoms with van der Waals surface area (Å²) in [7, 11) is 1.64. The van der Waals surface area contributed by atoms with Crippen LogP contribution in [0.5, 0.6) is 17.2 Å². The summed E-state index contributed by atoms with van der Waals surface area (Å²) < 4.78 is 12.0. The van der Waals surface area contributed by atoms with Crippen LogP contribution in [0.3, 0.4) is 0 Å². The average molecular weight is 372 g/mol. The van der Waals surface area contributed by atoms with Crippen molar-refractivity contribution in [2.45, 2.75) is 5.33 Å². The van der Waals surface area contributed by atoms with Gasteiger partial charge in [0.1, 0.15) is 17.2 Å². The summed E-state index contributed by atoms with van der Waals surface area (Å²) in [5, 5.41) is 0.750. The van der Waals surface area contributed by atoms with Gasteiger partial charge in [-0.15, -0.1) is 0 Å². The van der Waals surface area contributed by atoms with Crippen LogP contribution in [0.4, 0.5) is 0 Å². The van der Waals surface area contributed by atoms with Crippen LogP contribution in [0, 0.1) is 0 Å². The van der Waals surface area contributed by atoms with Crippen LogP contribution in [0.2, 0.25) is 0 Å². The van der Waals surface area contributed by atoms with Gasteiger partial charge >= 0.3 is 0 Å². The summed E-state index contributed by atoms with van der Waals surface area (Å²) in [5.41, 5.74) is 1.10. The first kappa shape index (κ1) is 13.4. The minimum absolute atomic E-state index is 0.750. The number of rotatable bonds is 4. The Bertz CT molecular complexity index is 541. The van der Waals surface area contributed by atoms with Gasteiger partial charge in [0, 0.05) is 21.4 Å². The SMILES string of the molecule is COc1cccc(Oc2cc(Br)ccc2CBr)c1. The lowest BCUT2D eigenvalue weighted by molar-refractivity contribution is 0.408. The molecule has 0 aromatic heterocycles. The normalized spacial score (nSPS) is 10.2. The highest BCUT2D eigenvalue weighted by molar-refractivity contribution is 9.10. The molecule has 2 aromatic rings. The number of ether oxygens (including phenoxy) is 2. The summed E-state index contributed by atoms with van der Waals surface area (Å²) in [4.78, 5) is 0. The van der Waals surface area contributed by atoms with Gasteiger partial charge in [0.15, 0.2) is 0 Å². The molecule has 0 saturated carbocycles. The lowest BCUT2D eigenvalue weighted by Crippen LogP contribution is -1.90. The maximum absolute atomic E-state index is 5.88. The minimum Gasteiger partial charge on any atom is -0.497 e. The predicted octanol–water partition coefficient (Wildman–Crippen LogP) is 5.14. The first-order valence-electron chi connectivity index (χ1n) is 5.39. The van der Waals surface area contributed by atoms with E-state index in [1.807, 2.05) is 42.5 Å². The Morgan fingerprint density at radius 1 is 1.06 bits per heavy atom. The van der Waals surface area contributed by atoms with Crippen molar-refractivity contribution in [1.29, 1.82) is 0 Å². The third-order valence-corrected chi connectivity index (χ3v) is 3.54. The smallest absolute Gasteiger partial charge is 0.132 e. The van der Waals surface area contributed by atoms with Crippen LogP contribution in [0.15, 0.2) is 46.9 Å². The van der Waals surface area contributed by atoms with Crippen LogP contribution >= 0.6 is 31.9 Å². The zero-order valence-electron chi connectivity index (χ0n) is 9.82. The molecule has 0 aliphatic carbocycles. The molecule has 0 fully saturated rings. The molecule has 0 spiro atoms. The third kappa shape index (κ3) is 3.27. The van der Waals surface area contributed by atoms with Gasteiger partial charge in [-0.1, -0.05) is 44.0 Å². The number of halogens is 2. The van der Waals surface area contributed by atoms with Gasteiger partial charge in [-0.3, -0.25) is 0 Å². The van der Waals surface area contributed by atoms with E-state index >= 15 is 0 Å². The lowest BCUT2D eigenvalue weighted by Gasteiger charge is -2.11. The molecule has 0 bridgehead atoms. The van der Waals surface area contributed by atoms with Gasteiger partial charge in [-0.05, 0) is 24.3 Å². The van der Waals surface area contributed by atoms with E-state index < -0.39 is 0 Å². The zero-order valence-corrected chi connectivity index (χ0v) is 13.0. The highest BCUT2D eigenvalue weighted by Crippen LogP contribution is 2.31. The van der Waals surface area contributed by atoms with E-state index in [9.17, 15) is 0 Å². The van der Waals surface area contributed by atoms with Crippen molar-refractivity contribution in [1.82, 2.24) is 0 Å². The number of methoxy groups -OCH3 is 1. The van der Waals surface area contributed by atoms with E-state index in [0.29, 0.717) is 0 Å². The molecule has 0 heterocycles. The molecule has 0 saturated heterocycles. The van der Waals surface area contributed by atoms with E-state index in [1.54, 1.807) is 7.11 Å². The number of alkyl halides is 1. The Kier molecular flexibility index (Phi) is 4.66. The van der Waals surface area contributed by atoms with Crippen molar-refractivity contribution in [3.8, 4) is 17.2 Å². The number of hydrogen-bond donors (Lipinski definition) is 0. The molecule has 0 atom stereocenters.